The Hall–Kier alpha value is -2.00. The van der Waals surface area contributed by atoms with Gasteiger partial charge in [-0.25, -0.2) is 13.8 Å². The van der Waals surface area contributed by atoms with Crippen LogP contribution in [0.15, 0.2) is 6.20 Å². The number of hydrogen-bond acceptors (Lipinski definition) is 4. The molecule has 0 radical (unpaired) electrons. The monoisotopic (exact) mass is 272 g/mol. The van der Waals surface area contributed by atoms with Crippen LogP contribution in [0.2, 0.25) is 0 Å². The summed E-state index contributed by atoms with van der Waals surface area (Å²) in [5.74, 6) is -0.975. The SMILES string of the molecule is COc1ncc(C(F)F)c(C(F)(F)F)c1[N+](=O)[O-]. The Kier molecular flexibility index (Phi) is 3.67. The van der Waals surface area contributed by atoms with Crippen molar-refractivity contribution in [3.63, 3.8) is 0 Å². The fourth-order valence-corrected chi connectivity index (χ4v) is 1.28. The van der Waals surface area contributed by atoms with Gasteiger partial charge in [-0.3, -0.25) is 10.1 Å². The predicted octanol–water partition coefficient (Wildman–Crippen LogP) is 2.95. The molecule has 0 amide bonds. The van der Waals surface area contributed by atoms with E-state index in [1.165, 1.54) is 0 Å². The van der Waals surface area contributed by atoms with Gasteiger partial charge in [-0.05, 0) is 0 Å². The van der Waals surface area contributed by atoms with E-state index < -0.39 is 40.2 Å². The molecule has 1 aromatic heterocycles. The Labute approximate surface area is 96.3 Å². The topological polar surface area (TPSA) is 65.3 Å². The largest absolute Gasteiger partial charge is 0.476 e. The fourth-order valence-electron chi connectivity index (χ4n) is 1.28. The predicted molar refractivity (Wildman–Crippen MR) is 47.4 cm³/mol. The molecule has 1 rings (SSSR count). The van der Waals surface area contributed by atoms with Crippen LogP contribution >= 0.6 is 0 Å². The molecule has 0 fully saturated rings. The number of halogens is 5. The van der Waals surface area contributed by atoms with E-state index in [-0.39, 0.29) is 6.20 Å². The summed E-state index contributed by atoms with van der Waals surface area (Å²) in [6, 6.07) is 0. The third kappa shape index (κ3) is 2.46. The lowest BCUT2D eigenvalue weighted by Gasteiger charge is -2.13. The summed E-state index contributed by atoms with van der Waals surface area (Å²) < 4.78 is 67.0. The van der Waals surface area contributed by atoms with Crippen molar-refractivity contribution in [3.8, 4) is 5.88 Å². The third-order valence-electron chi connectivity index (χ3n) is 1.94. The van der Waals surface area contributed by atoms with Crippen LogP contribution in [0.5, 0.6) is 5.88 Å². The molecule has 1 heterocycles. The van der Waals surface area contributed by atoms with Crippen LogP contribution < -0.4 is 4.74 Å². The molecule has 5 nitrogen and oxygen atoms in total. The van der Waals surface area contributed by atoms with Gasteiger partial charge in [0.15, 0.2) is 0 Å². The molecule has 0 atom stereocenters. The number of nitrogens with zero attached hydrogens (tertiary/aromatic N) is 2. The Morgan fingerprint density at radius 3 is 2.33 bits per heavy atom. The van der Waals surface area contributed by atoms with Gasteiger partial charge in [-0.1, -0.05) is 0 Å². The van der Waals surface area contributed by atoms with Crippen LogP contribution in [-0.2, 0) is 6.18 Å². The average Bonchev–Trinajstić information content (AvgIpc) is 2.25. The zero-order valence-electron chi connectivity index (χ0n) is 8.66. The van der Waals surface area contributed by atoms with Crippen molar-refractivity contribution in [2.45, 2.75) is 12.6 Å². The van der Waals surface area contributed by atoms with Crippen LogP contribution in [-0.4, -0.2) is 17.0 Å². The third-order valence-corrected chi connectivity index (χ3v) is 1.94. The van der Waals surface area contributed by atoms with Crippen molar-refractivity contribution >= 4 is 5.69 Å². The molecule has 0 spiro atoms. The van der Waals surface area contributed by atoms with E-state index in [1.54, 1.807) is 0 Å². The maximum Gasteiger partial charge on any atom is 0.423 e. The number of methoxy groups -OCH3 is 1. The van der Waals surface area contributed by atoms with Gasteiger partial charge in [0, 0.05) is 6.20 Å². The minimum Gasteiger partial charge on any atom is -0.476 e. The highest BCUT2D eigenvalue weighted by molar-refractivity contribution is 5.53. The van der Waals surface area contributed by atoms with Crippen LogP contribution in [0.1, 0.15) is 17.6 Å². The Morgan fingerprint density at radius 2 is 2.00 bits per heavy atom. The van der Waals surface area contributed by atoms with Crippen molar-refractivity contribution < 1.29 is 31.6 Å². The first kappa shape index (κ1) is 14.1. The van der Waals surface area contributed by atoms with Crippen molar-refractivity contribution in [2.24, 2.45) is 0 Å². The maximum atomic E-state index is 12.6. The van der Waals surface area contributed by atoms with E-state index in [4.69, 9.17) is 0 Å². The summed E-state index contributed by atoms with van der Waals surface area (Å²) in [4.78, 5) is 12.2. The molecule has 10 heteroatoms. The molecule has 0 bridgehead atoms. The van der Waals surface area contributed by atoms with E-state index in [2.05, 4.69) is 9.72 Å². The molecule has 1 aromatic rings. The normalized spacial score (nSPS) is 11.7. The molecule has 0 unspecified atom stereocenters. The summed E-state index contributed by atoms with van der Waals surface area (Å²) in [5.41, 5.74) is -5.23. The Balaban J connectivity index is 3.71. The summed E-state index contributed by atoms with van der Waals surface area (Å²) in [5, 5.41) is 10.6. The summed E-state index contributed by atoms with van der Waals surface area (Å²) >= 11 is 0. The quantitative estimate of drug-likeness (QED) is 0.482. The molecule has 0 aromatic carbocycles. The summed E-state index contributed by atoms with van der Waals surface area (Å²) in [6.45, 7) is 0. The first-order valence-electron chi connectivity index (χ1n) is 4.26. The summed E-state index contributed by atoms with van der Waals surface area (Å²) in [7, 11) is 0.845. The van der Waals surface area contributed by atoms with Crippen molar-refractivity contribution in [2.75, 3.05) is 7.11 Å². The second kappa shape index (κ2) is 4.70. The van der Waals surface area contributed by atoms with Gasteiger partial charge in [0.2, 0.25) is 0 Å². The maximum absolute atomic E-state index is 12.6. The molecule has 18 heavy (non-hydrogen) atoms. The number of pyridine rings is 1. The fraction of sp³-hybridized carbons (Fsp3) is 0.375. The molecule has 0 N–H and O–H groups in total. The van der Waals surface area contributed by atoms with E-state index in [1.807, 2.05) is 0 Å². The van der Waals surface area contributed by atoms with Crippen LogP contribution in [0.3, 0.4) is 0 Å². The van der Waals surface area contributed by atoms with Crippen LogP contribution in [0.4, 0.5) is 27.6 Å². The molecular formula is C8H5F5N2O3. The van der Waals surface area contributed by atoms with E-state index in [0.29, 0.717) is 0 Å². The number of nitro groups is 1. The van der Waals surface area contributed by atoms with E-state index in [0.717, 1.165) is 7.11 Å². The number of aromatic nitrogens is 1. The molecule has 0 saturated heterocycles. The highest BCUT2D eigenvalue weighted by atomic mass is 19.4. The lowest BCUT2D eigenvalue weighted by Crippen LogP contribution is -2.15. The zero-order chi connectivity index (χ0) is 14.1. The minimum atomic E-state index is -5.32. The molecule has 0 saturated carbocycles. The standard InChI is InChI=1S/C8H5F5N2O3/c1-18-7-5(15(16)17)4(8(11,12)13)3(2-14-7)6(9)10/h2,6H,1H3. The van der Waals surface area contributed by atoms with Crippen molar-refractivity contribution in [1.29, 1.82) is 0 Å². The van der Waals surface area contributed by atoms with Gasteiger partial charge in [-0.2, -0.15) is 13.2 Å². The number of ether oxygens (including phenoxy) is 1. The Bertz CT molecular complexity index is 475. The van der Waals surface area contributed by atoms with Gasteiger partial charge in [0.1, 0.15) is 5.56 Å². The average molecular weight is 272 g/mol. The molecule has 0 aliphatic heterocycles. The van der Waals surface area contributed by atoms with Crippen molar-refractivity contribution in [3.05, 3.63) is 27.4 Å². The lowest BCUT2D eigenvalue weighted by atomic mass is 10.1. The molecule has 100 valence electrons. The molecule has 0 aliphatic carbocycles. The smallest absolute Gasteiger partial charge is 0.423 e. The van der Waals surface area contributed by atoms with E-state index in [9.17, 15) is 32.1 Å². The molecular weight excluding hydrogens is 267 g/mol. The van der Waals surface area contributed by atoms with Gasteiger partial charge in [-0.15, -0.1) is 0 Å². The second-order valence-electron chi connectivity index (χ2n) is 3.00. The van der Waals surface area contributed by atoms with Gasteiger partial charge < -0.3 is 4.74 Å². The minimum absolute atomic E-state index is 0.208. The van der Waals surface area contributed by atoms with Gasteiger partial charge in [0.05, 0.1) is 17.6 Å². The zero-order valence-corrected chi connectivity index (χ0v) is 8.66. The van der Waals surface area contributed by atoms with E-state index >= 15 is 0 Å². The number of rotatable bonds is 3. The first-order valence-corrected chi connectivity index (χ1v) is 4.26. The molecule has 0 aliphatic rings. The van der Waals surface area contributed by atoms with Crippen molar-refractivity contribution in [1.82, 2.24) is 4.98 Å². The van der Waals surface area contributed by atoms with Crippen LogP contribution in [0.25, 0.3) is 0 Å². The van der Waals surface area contributed by atoms with Crippen LogP contribution in [0, 0.1) is 10.1 Å². The first-order chi connectivity index (χ1) is 8.20. The highest BCUT2D eigenvalue weighted by Crippen LogP contribution is 2.44. The lowest BCUT2D eigenvalue weighted by molar-refractivity contribution is -0.389. The second-order valence-corrected chi connectivity index (χ2v) is 3.00. The number of alkyl halides is 5. The van der Waals surface area contributed by atoms with Gasteiger partial charge >= 0.3 is 11.9 Å². The summed E-state index contributed by atoms with van der Waals surface area (Å²) in [6.07, 6.45) is -8.65. The Morgan fingerprint density at radius 1 is 1.44 bits per heavy atom. The van der Waals surface area contributed by atoms with Gasteiger partial charge in [0.25, 0.3) is 12.3 Å². The number of hydrogen-bond donors (Lipinski definition) is 0. The highest BCUT2D eigenvalue weighted by Gasteiger charge is 2.45.